The molecule has 25 heavy (non-hydrogen) atoms. The van der Waals surface area contributed by atoms with Crippen molar-refractivity contribution in [1.29, 1.82) is 0 Å². The van der Waals surface area contributed by atoms with E-state index in [0.29, 0.717) is 32.1 Å². The van der Waals surface area contributed by atoms with Gasteiger partial charge in [-0.1, -0.05) is 19.4 Å². The normalized spacial score (nSPS) is 16.0. The molecule has 0 aromatic carbocycles. The maximum absolute atomic E-state index is 12.2. The number of allylic oxidation sites excluding steroid dienone is 1. The molecule has 0 aromatic heterocycles. The van der Waals surface area contributed by atoms with Gasteiger partial charge in [0, 0.05) is 32.3 Å². The zero-order valence-corrected chi connectivity index (χ0v) is 16.2. The largest absolute Gasteiger partial charge is 0.444 e. The predicted molar refractivity (Wildman–Crippen MR) is 96.0 cm³/mol. The lowest BCUT2D eigenvalue weighted by atomic mass is 10.0. The molecule has 1 aliphatic rings. The second-order valence-electron chi connectivity index (χ2n) is 7.60. The number of hydrogen-bond acceptors (Lipinski definition) is 4. The van der Waals surface area contributed by atoms with Crippen molar-refractivity contribution in [1.82, 2.24) is 15.1 Å². The molecule has 1 fully saturated rings. The molecule has 7 heteroatoms. The summed E-state index contributed by atoms with van der Waals surface area (Å²) in [5, 5.41) is 2.47. The van der Waals surface area contributed by atoms with Crippen LogP contribution < -0.4 is 5.32 Å². The zero-order chi connectivity index (χ0) is 19.2. The number of piperazine rings is 1. The van der Waals surface area contributed by atoms with Crippen LogP contribution in [0.25, 0.3) is 0 Å². The highest BCUT2D eigenvalue weighted by Crippen LogP contribution is 2.10. The fourth-order valence-corrected chi connectivity index (χ4v) is 2.20. The Balaban J connectivity index is 2.41. The van der Waals surface area contributed by atoms with Gasteiger partial charge in [-0.3, -0.25) is 9.59 Å². The quantitative estimate of drug-likeness (QED) is 0.782. The fraction of sp³-hybridized carbons (Fsp3) is 0.722. The van der Waals surface area contributed by atoms with Gasteiger partial charge in [-0.15, -0.1) is 0 Å². The van der Waals surface area contributed by atoms with Crippen molar-refractivity contribution in [2.24, 2.45) is 5.92 Å². The van der Waals surface area contributed by atoms with Crippen LogP contribution in [0, 0.1) is 5.92 Å². The molecule has 0 saturated carbocycles. The molecule has 0 aromatic rings. The molecule has 1 heterocycles. The summed E-state index contributed by atoms with van der Waals surface area (Å²) < 4.78 is 5.10. The Labute approximate surface area is 150 Å². The van der Waals surface area contributed by atoms with Crippen LogP contribution in [0.2, 0.25) is 0 Å². The summed E-state index contributed by atoms with van der Waals surface area (Å²) >= 11 is 0. The van der Waals surface area contributed by atoms with Crippen LogP contribution in [-0.2, 0) is 14.3 Å². The standard InChI is InChI=1S/C18H31N3O4/c1-13(2)14(3)11-15(22)20-7-9-21(10-8-20)16(23)12-19-17(24)25-18(4,5)6/h11,13H,7-10,12H2,1-6H3,(H,19,24)/b14-11+. The van der Waals surface area contributed by atoms with E-state index in [2.05, 4.69) is 5.32 Å². The van der Waals surface area contributed by atoms with E-state index >= 15 is 0 Å². The molecular weight excluding hydrogens is 322 g/mol. The molecule has 0 radical (unpaired) electrons. The molecule has 1 rings (SSSR count). The zero-order valence-electron chi connectivity index (χ0n) is 16.2. The number of ether oxygens (including phenoxy) is 1. The molecule has 142 valence electrons. The molecular formula is C18H31N3O4. The molecule has 1 N–H and O–H groups in total. The van der Waals surface area contributed by atoms with Gasteiger partial charge in [0.25, 0.3) is 0 Å². The lowest BCUT2D eigenvalue weighted by Gasteiger charge is -2.34. The van der Waals surface area contributed by atoms with E-state index in [1.54, 1.807) is 36.6 Å². The SMILES string of the molecule is C/C(=C\C(=O)N1CCN(C(=O)CNC(=O)OC(C)(C)C)CC1)C(C)C. The molecule has 3 amide bonds. The lowest BCUT2D eigenvalue weighted by Crippen LogP contribution is -2.52. The minimum absolute atomic E-state index is 0.00909. The second kappa shape index (κ2) is 8.87. The first kappa shape index (κ1) is 21.0. The number of alkyl carbamates (subject to hydrolysis) is 1. The van der Waals surface area contributed by atoms with E-state index in [1.807, 2.05) is 20.8 Å². The highest BCUT2D eigenvalue weighted by molar-refractivity contribution is 5.88. The molecule has 1 saturated heterocycles. The van der Waals surface area contributed by atoms with Crippen LogP contribution in [0.5, 0.6) is 0 Å². The number of carbonyl (C=O) groups excluding carboxylic acids is 3. The Kier molecular flexibility index (Phi) is 7.45. The Morgan fingerprint density at radius 2 is 1.60 bits per heavy atom. The summed E-state index contributed by atoms with van der Waals surface area (Å²) in [5.74, 6) is 0.155. The van der Waals surface area contributed by atoms with Gasteiger partial charge < -0.3 is 19.9 Å². The molecule has 0 spiro atoms. The summed E-state index contributed by atoms with van der Waals surface area (Å²) in [4.78, 5) is 39.3. The van der Waals surface area contributed by atoms with E-state index in [4.69, 9.17) is 4.74 Å². The second-order valence-corrected chi connectivity index (χ2v) is 7.60. The van der Waals surface area contributed by atoms with Crippen LogP contribution >= 0.6 is 0 Å². The van der Waals surface area contributed by atoms with Gasteiger partial charge in [-0.2, -0.15) is 0 Å². The summed E-state index contributed by atoms with van der Waals surface area (Å²) in [5.41, 5.74) is 0.450. The highest BCUT2D eigenvalue weighted by Gasteiger charge is 2.24. The Morgan fingerprint density at radius 3 is 2.08 bits per heavy atom. The summed E-state index contributed by atoms with van der Waals surface area (Å²) in [6, 6.07) is 0. The predicted octanol–water partition coefficient (Wildman–Crippen LogP) is 1.78. The molecule has 0 aliphatic carbocycles. The van der Waals surface area contributed by atoms with Gasteiger partial charge in [0.05, 0.1) is 0 Å². The fourth-order valence-electron chi connectivity index (χ4n) is 2.20. The van der Waals surface area contributed by atoms with Crippen LogP contribution in [0.4, 0.5) is 4.79 Å². The van der Waals surface area contributed by atoms with Crippen LogP contribution in [0.15, 0.2) is 11.6 Å². The van der Waals surface area contributed by atoms with E-state index < -0.39 is 11.7 Å². The monoisotopic (exact) mass is 353 g/mol. The average Bonchev–Trinajstić information content (AvgIpc) is 2.50. The Bertz CT molecular complexity index is 527. The van der Waals surface area contributed by atoms with Gasteiger partial charge in [0.1, 0.15) is 12.1 Å². The third kappa shape index (κ3) is 7.58. The molecule has 7 nitrogen and oxygen atoms in total. The minimum Gasteiger partial charge on any atom is -0.444 e. The minimum atomic E-state index is -0.607. The van der Waals surface area contributed by atoms with Gasteiger partial charge >= 0.3 is 6.09 Å². The van der Waals surface area contributed by atoms with Crippen molar-refractivity contribution in [3.63, 3.8) is 0 Å². The molecule has 0 unspecified atom stereocenters. The number of carbonyl (C=O) groups is 3. The van der Waals surface area contributed by atoms with Gasteiger partial charge in [-0.05, 0) is 33.6 Å². The van der Waals surface area contributed by atoms with Crippen molar-refractivity contribution >= 4 is 17.9 Å². The smallest absolute Gasteiger partial charge is 0.408 e. The summed E-state index contributed by atoms with van der Waals surface area (Å²) in [6.45, 7) is 13.2. The van der Waals surface area contributed by atoms with E-state index in [0.717, 1.165) is 5.57 Å². The average molecular weight is 353 g/mol. The Hall–Kier alpha value is -2.05. The van der Waals surface area contributed by atoms with Crippen LogP contribution in [-0.4, -0.2) is 66.0 Å². The van der Waals surface area contributed by atoms with E-state index in [1.165, 1.54) is 0 Å². The number of hydrogen-bond donors (Lipinski definition) is 1. The molecule has 0 atom stereocenters. The van der Waals surface area contributed by atoms with Crippen molar-refractivity contribution in [2.45, 2.75) is 47.1 Å². The summed E-state index contributed by atoms with van der Waals surface area (Å²) in [7, 11) is 0. The maximum Gasteiger partial charge on any atom is 0.408 e. The van der Waals surface area contributed by atoms with Crippen molar-refractivity contribution in [3.05, 3.63) is 11.6 Å². The summed E-state index contributed by atoms with van der Waals surface area (Å²) in [6.07, 6.45) is 1.07. The van der Waals surface area contributed by atoms with Gasteiger partial charge in [0.2, 0.25) is 11.8 Å². The lowest BCUT2D eigenvalue weighted by molar-refractivity contribution is -0.136. The maximum atomic E-state index is 12.2. The third-order valence-corrected chi connectivity index (χ3v) is 3.99. The van der Waals surface area contributed by atoms with Crippen LogP contribution in [0.1, 0.15) is 41.5 Å². The number of amides is 3. The van der Waals surface area contributed by atoms with Crippen molar-refractivity contribution in [2.75, 3.05) is 32.7 Å². The molecule has 1 aliphatic heterocycles. The first-order valence-corrected chi connectivity index (χ1v) is 8.71. The van der Waals surface area contributed by atoms with Crippen LogP contribution in [0.3, 0.4) is 0 Å². The Morgan fingerprint density at radius 1 is 1.08 bits per heavy atom. The molecule has 0 bridgehead atoms. The van der Waals surface area contributed by atoms with E-state index in [-0.39, 0.29) is 18.4 Å². The first-order valence-electron chi connectivity index (χ1n) is 8.71. The number of nitrogens with zero attached hydrogens (tertiary/aromatic N) is 2. The van der Waals surface area contributed by atoms with Gasteiger partial charge in [-0.25, -0.2) is 4.79 Å². The first-order chi connectivity index (χ1) is 11.5. The van der Waals surface area contributed by atoms with Crippen molar-refractivity contribution < 1.29 is 19.1 Å². The van der Waals surface area contributed by atoms with Gasteiger partial charge in [0.15, 0.2) is 0 Å². The number of rotatable bonds is 4. The topological polar surface area (TPSA) is 79.0 Å². The van der Waals surface area contributed by atoms with E-state index in [9.17, 15) is 14.4 Å². The number of nitrogens with one attached hydrogen (secondary N) is 1. The third-order valence-electron chi connectivity index (χ3n) is 3.99. The van der Waals surface area contributed by atoms with Crippen molar-refractivity contribution in [3.8, 4) is 0 Å². The highest BCUT2D eigenvalue weighted by atomic mass is 16.6.